The lowest BCUT2D eigenvalue weighted by atomic mass is 9.93. The quantitative estimate of drug-likeness (QED) is 0.655. The zero-order chi connectivity index (χ0) is 22.3. The van der Waals surface area contributed by atoms with Gasteiger partial charge in [-0.15, -0.1) is 0 Å². The monoisotopic (exact) mass is 441 g/mol. The van der Waals surface area contributed by atoms with Crippen LogP contribution in [0.3, 0.4) is 0 Å². The molecule has 0 spiro atoms. The first-order valence-electron chi connectivity index (χ1n) is 10.6. The van der Waals surface area contributed by atoms with Gasteiger partial charge < -0.3 is 14.6 Å². The first kappa shape index (κ1) is 20.6. The smallest absolute Gasteiger partial charge is 0.393 e. The number of nitrogens with one attached hydrogen (secondary N) is 1. The van der Waals surface area contributed by atoms with E-state index in [0.29, 0.717) is 18.9 Å². The number of aryl methyl sites for hydroxylation is 1. The van der Waals surface area contributed by atoms with Gasteiger partial charge in [-0.1, -0.05) is 42.5 Å². The normalized spacial score (nSPS) is 20.1. The van der Waals surface area contributed by atoms with Gasteiger partial charge in [-0.3, -0.25) is 4.79 Å². The Bertz CT molecular complexity index is 1140. The maximum absolute atomic E-state index is 13.1. The predicted molar refractivity (Wildman–Crippen MR) is 112 cm³/mol. The van der Waals surface area contributed by atoms with Crippen molar-refractivity contribution in [1.82, 2.24) is 14.9 Å². The van der Waals surface area contributed by atoms with Crippen LogP contribution in [0.25, 0.3) is 11.1 Å². The molecule has 2 unspecified atom stereocenters. The third-order valence-electron chi connectivity index (χ3n) is 6.13. The number of ether oxygens (including phenoxy) is 1. The van der Waals surface area contributed by atoms with Crippen molar-refractivity contribution in [3.63, 3.8) is 0 Å². The molecule has 0 fully saturated rings. The Labute approximate surface area is 183 Å². The Morgan fingerprint density at radius 2 is 1.94 bits per heavy atom. The van der Waals surface area contributed by atoms with E-state index in [1.807, 2.05) is 48.5 Å². The predicted octanol–water partition coefficient (Wildman–Crippen LogP) is 4.41. The first-order chi connectivity index (χ1) is 15.4. The molecular weight excluding hydrogens is 419 g/mol. The summed E-state index contributed by atoms with van der Waals surface area (Å²) >= 11 is 0. The van der Waals surface area contributed by atoms with Crippen molar-refractivity contribution in [1.29, 1.82) is 0 Å². The average molecular weight is 441 g/mol. The van der Waals surface area contributed by atoms with E-state index in [4.69, 9.17) is 4.74 Å². The van der Waals surface area contributed by atoms with Gasteiger partial charge in [0.25, 0.3) is 5.91 Å². The summed E-state index contributed by atoms with van der Waals surface area (Å²) in [6.45, 7) is 0.125. The highest BCUT2D eigenvalue weighted by molar-refractivity contribution is 5.92. The van der Waals surface area contributed by atoms with Gasteiger partial charge in [0, 0.05) is 31.1 Å². The van der Waals surface area contributed by atoms with Gasteiger partial charge in [0.2, 0.25) is 0 Å². The minimum Gasteiger partial charge on any atom is -0.491 e. The molecule has 1 aromatic heterocycles. The third-order valence-corrected chi connectivity index (χ3v) is 6.13. The minimum absolute atomic E-state index is 0.00289. The molecule has 1 amide bonds. The Hall–Kier alpha value is -3.29. The summed E-state index contributed by atoms with van der Waals surface area (Å²) in [5, 5.41) is 2.94. The second-order valence-corrected chi connectivity index (χ2v) is 8.31. The highest BCUT2D eigenvalue weighted by atomic mass is 19.4. The molecule has 1 N–H and O–H groups in total. The fourth-order valence-electron chi connectivity index (χ4n) is 4.47. The van der Waals surface area contributed by atoms with Crippen molar-refractivity contribution >= 4 is 5.91 Å². The number of fused-ring (bicyclic) bond motifs is 2. The maximum Gasteiger partial charge on any atom is 0.393 e. The number of benzene rings is 2. The summed E-state index contributed by atoms with van der Waals surface area (Å²) in [5.41, 5.74) is 3.29. The van der Waals surface area contributed by atoms with Crippen LogP contribution in [-0.4, -0.2) is 34.3 Å². The Kier molecular flexibility index (Phi) is 5.15. The van der Waals surface area contributed by atoms with Crippen LogP contribution >= 0.6 is 0 Å². The fraction of sp³-hybridized carbons (Fsp3) is 0.333. The number of hydrogen-bond acceptors (Lipinski definition) is 3. The summed E-state index contributed by atoms with van der Waals surface area (Å²) in [4.78, 5) is 17.1. The zero-order valence-electron chi connectivity index (χ0n) is 17.2. The summed E-state index contributed by atoms with van der Waals surface area (Å²) in [7, 11) is 0. The summed E-state index contributed by atoms with van der Waals surface area (Å²) in [6.07, 6.45) is -2.02. The largest absolute Gasteiger partial charge is 0.491 e. The van der Waals surface area contributed by atoms with E-state index in [2.05, 4.69) is 10.3 Å². The van der Waals surface area contributed by atoms with E-state index in [1.165, 1.54) is 10.8 Å². The third kappa shape index (κ3) is 3.97. The molecule has 0 bridgehead atoms. The van der Waals surface area contributed by atoms with Gasteiger partial charge >= 0.3 is 6.18 Å². The Morgan fingerprint density at radius 1 is 1.12 bits per heavy atom. The number of alkyl halides is 3. The number of hydrogen-bond donors (Lipinski definition) is 1. The molecular formula is C24H22F3N3O2. The van der Waals surface area contributed by atoms with Crippen molar-refractivity contribution < 1.29 is 22.7 Å². The van der Waals surface area contributed by atoms with E-state index < -0.39 is 18.0 Å². The Morgan fingerprint density at radius 3 is 2.72 bits per heavy atom. The van der Waals surface area contributed by atoms with Crippen molar-refractivity contribution in [3.05, 3.63) is 71.8 Å². The molecule has 2 aromatic carbocycles. The van der Waals surface area contributed by atoms with Crippen molar-refractivity contribution in [2.24, 2.45) is 5.92 Å². The molecule has 2 aliphatic rings. The zero-order valence-corrected chi connectivity index (χ0v) is 17.2. The standard InChI is InChI=1S/C24H22F3N3O2/c25-24(26,27)16-9-10-22-29-20(13-30(22)12-16)23(31)28-17-11-19-18(15-5-2-1-3-6-15)7-4-8-21(19)32-14-17/h1-8,13,16-17H,9-12,14H2,(H,28,31). The minimum atomic E-state index is -4.24. The van der Waals surface area contributed by atoms with Gasteiger partial charge in [-0.05, 0) is 23.6 Å². The van der Waals surface area contributed by atoms with Gasteiger partial charge in [0.15, 0.2) is 0 Å². The van der Waals surface area contributed by atoms with Gasteiger partial charge in [0.05, 0.1) is 12.0 Å². The van der Waals surface area contributed by atoms with E-state index in [0.717, 1.165) is 22.4 Å². The molecule has 0 saturated carbocycles. The van der Waals surface area contributed by atoms with Crippen LogP contribution < -0.4 is 10.1 Å². The second kappa shape index (κ2) is 8.00. The number of carbonyl (C=O) groups is 1. The van der Waals surface area contributed by atoms with Crippen molar-refractivity contribution in [3.8, 4) is 16.9 Å². The van der Waals surface area contributed by atoms with Crippen LogP contribution in [0, 0.1) is 5.92 Å². The molecule has 8 heteroatoms. The maximum atomic E-state index is 13.1. The van der Waals surface area contributed by atoms with Gasteiger partial charge in [-0.2, -0.15) is 13.2 Å². The average Bonchev–Trinajstić information content (AvgIpc) is 3.22. The van der Waals surface area contributed by atoms with E-state index >= 15 is 0 Å². The summed E-state index contributed by atoms with van der Waals surface area (Å²) < 4.78 is 46.5. The number of halogens is 3. The molecule has 2 atom stereocenters. The van der Waals surface area contributed by atoms with Crippen molar-refractivity contribution in [2.75, 3.05) is 6.61 Å². The number of imidazole rings is 1. The molecule has 2 aliphatic heterocycles. The first-order valence-corrected chi connectivity index (χ1v) is 10.6. The van der Waals surface area contributed by atoms with Crippen LogP contribution in [0.4, 0.5) is 13.2 Å². The Balaban J connectivity index is 1.31. The molecule has 0 radical (unpaired) electrons. The lowest BCUT2D eigenvalue weighted by Gasteiger charge is -2.27. The van der Waals surface area contributed by atoms with Gasteiger partial charge in [-0.25, -0.2) is 4.98 Å². The molecule has 32 heavy (non-hydrogen) atoms. The lowest BCUT2D eigenvalue weighted by molar-refractivity contribution is -0.182. The topological polar surface area (TPSA) is 56.1 Å². The van der Waals surface area contributed by atoms with E-state index in [-0.39, 0.29) is 31.1 Å². The van der Waals surface area contributed by atoms with Crippen LogP contribution in [0.1, 0.15) is 28.3 Å². The van der Waals surface area contributed by atoms with Crippen molar-refractivity contribution in [2.45, 2.75) is 38.0 Å². The number of amides is 1. The van der Waals surface area contributed by atoms with E-state index in [1.54, 1.807) is 0 Å². The molecule has 3 aromatic rings. The molecule has 166 valence electrons. The molecule has 5 rings (SSSR count). The highest BCUT2D eigenvalue weighted by Crippen LogP contribution is 2.35. The number of carbonyl (C=O) groups excluding carboxylic acids is 1. The SMILES string of the molecule is O=C(NC1COc2cccc(-c3ccccc3)c2C1)c1cn2c(n1)CCC(C(F)(F)F)C2. The highest BCUT2D eigenvalue weighted by Gasteiger charge is 2.41. The number of rotatable bonds is 3. The molecule has 3 heterocycles. The van der Waals surface area contributed by atoms with Crippen LogP contribution in [-0.2, 0) is 19.4 Å². The van der Waals surface area contributed by atoms with Crippen LogP contribution in [0.5, 0.6) is 5.75 Å². The number of aromatic nitrogens is 2. The lowest BCUT2D eigenvalue weighted by Crippen LogP contribution is -2.43. The summed E-state index contributed by atoms with van der Waals surface area (Å²) in [6, 6.07) is 15.6. The van der Waals surface area contributed by atoms with Crippen LogP contribution in [0.15, 0.2) is 54.7 Å². The van der Waals surface area contributed by atoms with Gasteiger partial charge in [0.1, 0.15) is 23.9 Å². The number of nitrogens with zero attached hydrogens (tertiary/aromatic N) is 2. The molecule has 5 nitrogen and oxygen atoms in total. The fourth-order valence-corrected chi connectivity index (χ4v) is 4.47. The summed E-state index contributed by atoms with van der Waals surface area (Å²) in [5.74, 6) is -0.482. The van der Waals surface area contributed by atoms with Crippen LogP contribution in [0.2, 0.25) is 0 Å². The molecule has 0 saturated heterocycles. The second-order valence-electron chi connectivity index (χ2n) is 8.31. The van der Waals surface area contributed by atoms with E-state index in [9.17, 15) is 18.0 Å². The molecule has 0 aliphatic carbocycles.